The van der Waals surface area contributed by atoms with Crippen LogP contribution in [0.2, 0.25) is 0 Å². The predicted molar refractivity (Wildman–Crippen MR) is 88.6 cm³/mol. The van der Waals surface area contributed by atoms with Gasteiger partial charge in [-0.05, 0) is 24.1 Å². The van der Waals surface area contributed by atoms with Gasteiger partial charge in [-0.25, -0.2) is 4.39 Å². The van der Waals surface area contributed by atoms with Gasteiger partial charge in [0.15, 0.2) is 0 Å². The van der Waals surface area contributed by atoms with Gasteiger partial charge in [0.1, 0.15) is 5.82 Å². The van der Waals surface area contributed by atoms with Gasteiger partial charge in [-0.2, -0.15) is 0 Å². The third-order valence-corrected chi connectivity index (χ3v) is 5.24. The monoisotopic (exact) mass is 333 g/mol. The molecule has 1 N–H and O–H groups in total. The summed E-state index contributed by atoms with van der Waals surface area (Å²) in [6.07, 6.45) is 0.822. The minimum absolute atomic E-state index is 0.0441. The van der Waals surface area contributed by atoms with Gasteiger partial charge in [0.25, 0.3) is 0 Å². The Morgan fingerprint density at radius 3 is 2.58 bits per heavy atom. The number of carbonyl (C=O) groups is 2. The van der Waals surface area contributed by atoms with Crippen molar-refractivity contribution in [1.29, 1.82) is 0 Å². The quantitative estimate of drug-likeness (QED) is 0.909. The number of fused-ring (bicyclic) bond motifs is 1. The maximum atomic E-state index is 13.0. The molecule has 2 saturated heterocycles. The number of amides is 2. The molecule has 130 valence electrons. The van der Waals surface area contributed by atoms with E-state index in [4.69, 9.17) is 0 Å². The SMILES string of the molecule is CC(=O)N[C@@]12CCN(Cc3ccc(F)cc3)C[C@@H]1CN(C(C)=O)C2. The molecule has 0 unspecified atom stereocenters. The molecule has 2 heterocycles. The molecule has 0 radical (unpaired) electrons. The number of nitrogens with zero attached hydrogens (tertiary/aromatic N) is 2. The first kappa shape index (κ1) is 16.9. The van der Waals surface area contributed by atoms with Gasteiger partial charge < -0.3 is 10.2 Å². The number of rotatable bonds is 3. The van der Waals surface area contributed by atoms with E-state index in [1.165, 1.54) is 19.1 Å². The van der Waals surface area contributed by atoms with E-state index < -0.39 is 0 Å². The van der Waals surface area contributed by atoms with E-state index in [9.17, 15) is 14.0 Å². The first-order chi connectivity index (χ1) is 11.4. The second-order valence-electron chi connectivity index (χ2n) is 7.05. The molecule has 2 aliphatic rings. The molecular weight excluding hydrogens is 309 g/mol. The molecule has 24 heavy (non-hydrogen) atoms. The number of piperidine rings is 1. The van der Waals surface area contributed by atoms with E-state index in [1.54, 1.807) is 6.92 Å². The first-order valence-corrected chi connectivity index (χ1v) is 8.39. The summed E-state index contributed by atoms with van der Waals surface area (Å²) in [5.74, 6) is 0.00561. The fourth-order valence-corrected chi connectivity index (χ4v) is 4.04. The summed E-state index contributed by atoms with van der Waals surface area (Å²) in [5, 5.41) is 3.12. The molecule has 0 saturated carbocycles. The lowest BCUT2D eigenvalue weighted by molar-refractivity contribution is -0.128. The molecule has 5 nitrogen and oxygen atoms in total. The van der Waals surface area contributed by atoms with Crippen LogP contribution in [0.3, 0.4) is 0 Å². The van der Waals surface area contributed by atoms with Crippen molar-refractivity contribution in [2.45, 2.75) is 32.4 Å². The fraction of sp³-hybridized carbons (Fsp3) is 0.556. The molecule has 6 heteroatoms. The Morgan fingerprint density at radius 1 is 1.25 bits per heavy atom. The number of carbonyl (C=O) groups excluding carboxylic acids is 2. The first-order valence-electron chi connectivity index (χ1n) is 8.39. The van der Waals surface area contributed by atoms with Crippen LogP contribution in [0.15, 0.2) is 24.3 Å². The minimum atomic E-state index is -0.309. The number of benzene rings is 1. The van der Waals surface area contributed by atoms with Crippen LogP contribution in [0.4, 0.5) is 4.39 Å². The fourth-order valence-electron chi connectivity index (χ4n) is 4.04. The van der Waals surface area contributed by atoms with Gasteiger partial charge in [-0.1, -0.05) is 12.1 Å². The number of hydrogen-bond acceptors (Lipinski definition) is 3. The average Bonchev–Trinajstić information content (AvgIpc) is 2.88. The highest BCUT2D eigenvalue weighted by Gasteiger charge is 2.50. The maximum absolute atomic E-state index is 13.0. The van der Waals surface area contributed by atoms with E-state index in [2.05, 4.69) is 10.2 Å². The highest BCUT2D eigenvalue weighted by Crippen LogP contribution is 2.36. The summed E-state index contributed by atoms with van der Waals surface area (Å²) < 4.78 is 13.0. The van der Waals surface area contributed by atoms with Crippen LogP contribution in [0.5, 0.6) is 0 Å². The summed E-state index contributed by atoms with van der Waals surface area (Å²) in [6.45, 7) is 6.81. The molecule has 2 atom stereocenters. The van der Waals surface area contributed by atoms with Gasteiger partial charge in [0.05, 0.1) is 5.54 Å². The van der Waals surface area contributed by atoms with E-state index in [0.29, 0.717) is 13.1 Å². The lowest BCUT2D eigenvalue weighted by Gasteiger charge is -2.43. The van der Waals surface area contributed by atoms with Gasteiger partial charge in [-0.15, -0.1) is 0 Å². The summed E-state index contributed by atoms with van der Waals surface area (Å²) in [6, 6.07) is 6.57. The second kappa shape index (κ2) is 6.51. The largest absolute Gasteiger partial charge is 0.349 e. The zero-order valence-corrected chi connectivity index (χ0v) is 14.2. The van der Waals surface area contributed by atoms with E-state index >= 15 is 0 Å². The van der Waals surface area contributed by atoms with E-state index in [0.717, 1.165) is 31.6 Å². The van der Waals surface area contributed by atoms with Gasteiger partial charge in [0.2, 0.25) is 11.8 Å². The summed E-state index contributed by atoms with van der Waals surface area (Å²) in [7, 11) is 0. The third-order valence-electron chi connectivity index (χ3n) is 5.24. The maximum Gasteiger partial charge on any atom is 0.219 e. The van der Waals surface area contributed by atoms with Gasteiger partial charge in [-0.3, -0.25) is 14.5 Å². The lowest BCUT2D eigenvalue weighted by atomic mass is 9.80. The molecule has 0 aromatic heterocycles. The molecule has 1 aromatic carbocycles. The van der Waals surface area contributed by atoms with Crippen LogP contribution in [0, 0.1) is 11.7 Å². The zero-order valence-electron chi connectivity index (χ0n) is 14.2. The van der Waals surface area contributed by atoms with Crippen molar-refractivity contribution in [3.05, 3.63) is 35.6 Å². The smallest absolute Gasteiger partial charge is 0.219 e. The van der Waals surface area contributed by atoms with Crippen LogP contribution >= 0.6 is 0 Å². The van der Waals surface area contributed by atoms with Crippen molar-refractivity contribution in [2.24, 2.45) is 5.92 Å². The average molecular weight is 333 g/mol. The van der Waals surface area contributed by atoms with Crippen molar-refractivity contribution >= 4 is 11.8 Å². The summed E-state index contributed by atoms with van der Waals surface area (Å²) >= 11 is 0. The predicted octanol–water partition coefficient (Wildman–Crippen LogP) is 1.38. The number of hydrogen-bond donors (Lipinski definition) is 1. The lowest BCUT2D eigenvalue weighted by Crippen LogP contribution is -2.60. The molecule has 2 fully saturated rings. The Hall–Kier alpha value is -1.95. The summed E-state index contributed by atoms with van der Waals surface area (Å²) in [5.41, 5.74) is 0.765. The topological polar surface area (TPSA) is 52.7 Å². The van der Waals surface area contributed by atoms with E-state index in [1.807, 2.05) is 17.0 Å². The van der Waals surface area contributed by atoms with Crippen molar-refractivity contribution < 1.29 is 14.0 Å². The Bertz CT molecular complexity index is 634. The van der Waals surface area contributed by atoms with Crippen LogP contribution < -0.4 is 5.32 Å². The highest BCUT2D eigenvalue weighted by atomic mass is 19.1. The number of halogens is 1. The molecule has 0 aliphatic carbocycles. The Balaban J connectivity index is 1.71. The van der Waals surface area contributed by atoms with Gasteiger partial charge >= 0.3 is 0 Å². The standard InChI is InChI=1S/C18H24FN3O2/c1-13(23)20-18-7-8-21(9-15-3-5-17(19)6-4-15)10-16(18)11-22(12-18)14(2)24/h3-6,16H,7-12H2,1-2H3,(H,20,23)/t16-,18-/m1/s1. The van der Waals surface area contributed by atoms with Crippen molar-refractivity contribution in [1.82, 2.24) is 15.1 Å². The van der Waals surface area contributed by atoms with Crippen LogP contribution in [0.1, 0.15) is 25.8 Å². The molecule has 0 bridgehead atoms. The normalized spacial score (nSPS) is 27.0. The second-order valence-corrected chi connectivity index (χ2v) is 7.05. The highest BCUT2D eigenvalue weighted by molar-refractivity contribution is 5.76. The number of nitrogens with one attached hydrogen (secondary N) is 1. The minimum Gasteiger partial charge on any atom is -0.349 e. The van der Waals surface area contributed by atoms with Crippen molar-refractivity contribution in [2.75, 3.05) is 26.2 Å². The zero-order chi connectivity index (χ0) is 17.3. The molecule has 3 rings (SSSR count). The van der Waals surface area contributed by atoms with E-state index in [-0.39, 0.29) is 29.1 Å². The summed E-state index contributed by atoms with van der Waals surface area (Å²) in [4.78, 5) is 27.6. The number of likely N-dealkylation sites (tertiary alicyclic amines) is 2. The molecule has 2 aliphatic heterocycles. The van der Waals surface area contributed by atoms with Crippen molar-refractivity contribution in [3.63, 3.8) is 0 Å². The third kappa shape index (κ3) is 3.43. The Labute approximate surface area is 141 Å². The van der Waals surface area contributed by atoms with Crippen LogP contribution in [0.25, 0.3) is 0 Å². The Morgan fingerprint density at radius 2 is 1.96 bits per heavy atom. The molecule has 2 amide bonds. The van der Waals surface area contributed by atoms with Crippen LogP contribution in [-0.2, 0) is 16.1 Å². The molecular formula is C18H24FN3O2. The van der Waals surface area contributed by atoms with Crippen molar-refractivity contribution in [3.8, 4) is 0 Å². The van der Waals surface area contributed by atoms with Gasteiger partial charge in [0, 0.05) is 52.5 Å². The molecule has 1 aromatic rings. The Kier molecular flexibility index (Phi) is 4.58. The molecule has 0 spiro atoms. The van der Waals surface area contributed by atoms with Crippen LogP contribution in [-0.4, -0.2) is 53.3 Å².